The maximum absolute atomic E-state index is 10.7. The van der Waals surface area contributed by atoms with Crippen molar-refractivity contribution in [1.82, 2.24) is 0 Å². The van der Waals surface area contributed by atoms with Gasteiger partial charge in [-0.1, -0.05) is 32.4 Å². The van der Waals surface area contributed by atoms with Gasteiger partial charge in [-0.2, -0.15) is 0 Å². The van der Waals surface area contributed by atoms with Gasteiger partial charge in [0.25, 0.3) is 0 Å². The lowest BCUT2D eigenvalue weighted by Crippen LogP contribution is -2.33. The molecular formula is C8H18ClO4P. The molecule has 0 fully saturated rings. The molecule has 14 heavy (non-hydrogen) atoms. The Morgan fingerprint density at radius 2 is 1.79 bits per heavy atom. The lowest BCUT2D eigenvalue weighted by atomic mass is 9.94. The quantitative estimate of drug-likeness (QED) is 0.557. The van der Waals surface area contributed by atoms with Gasteiger partial charge in [-0.3, -0.25) is 4.52 Å². The van der Waals surface area contributed by atoms with Crippen LogP contribution in [0.2, 0.25) is 0 Å². The summed E-state index contributed by atoms with van der Waals surface area (Å²) < 4.78 is 15.4. The molecule has 4 nitrogen and oxygen atoms in total. The molecule has 86 valence electrons. The van der Waals surface area contributed by atoms with Crippen LogP contribution in [0.5, 0.6) is 0 Å². The Morgan fingerprint density at radius 3 is 2.00 bits per heavy atom. The molecule has 0 aromatic carbocycles. The lowest BCUT2D eigenvalue weighted by Gasteiger charge is -2.33. The average molecular weight is 245 g/mol. The third-order valence-corrected chi connectivity index (χ3v) is 3.67. The third kappa shape index (κ3) is 4.28. The highest BCUT2D eigenvalue weighted by molar-refractivity contribution is 7.46. The fraction of sp³-hybridized carbons (Fsp3) is 1.00. The van der Waals surface area contributed by atoms with Gasteiger partial charge in [-0.05, 0) is 19.3 Å². The van der Waals surface area contributed by atoms with Crippen molar-refractivity contribution in [2.45, 2.75) is 45.1 Å². The van der Waals surface area contributed by atoms with Crippen LogP contribution in [0, 0.1) is 5.92 Å². The SMILES string of the molecule is CCC(CC)C(Cl)(CC)OP(=O)(O)O. The second kappa shape index (κ2) is 5.47. The topological polar surface area (TPSA) is 66.8 Å². The van der Waals surface area contributed by atoms with Crippen LogP contribution in [0.1, 0.15) is 40.0 Å². The lowest BCUT2D eigenvalue weighted by molar-refractivity contribution is 0.0461. The molecule has 6 heteroatoms. The van der Waals surface area contributed by atoms with Gasteiger partial charge in [0.05, 0.1) is 0 Å². The average Bonchev–Trinajstić information content (AvgIpc) is 2.03. The van der Waals surface area contributed by atoms with E-state index in [4.69, 9.17) is 21.4 Å². The van der Waals surface area contributed by atoms with E-state index in [-0.39, 0.29) is 5.92 Å². The summed E-state index contributed by atoms with van der Waals surface area (Å²) >= 11 is 6.06. The van der Waals surface area contributed by atoms with Crippen molar-refractivity contribution in [2.75, 3.05) is 0 Å². The first-order chi connectivity index (χ1) is 6.29. The molecule has 0 rings (SSSR count). The Morgan fingerprint density at radius 1 is 1.36 bits per heavy atom. The highest BCUT2D eigenvalue weighted by Crippen LogP contribution is 2.48. The van der Waals surface area contributed by atoms with Crippen molar-refractivity contribution >= 4 is 19.4 Å². The summed E-state index contributed by atoms with van der Waals surface area (Å²) in [6.07, 6.45) is 1.83. The van der Waals surface area contributed by atoms with Crippen LogP contribution in [0.15, 0.2) is 0 Å². The molecule has 2 N–H and O–H groups in total. The number of alkyl halides is 1. The van der Waals surface area contributed by atoms with Gasteiger partial charge in [-0.15, -0.1) is 0 Å². The van der Waals surface area contributed by atoms with Gasteiger partial charge < -0.3 is 9.79 Å². The van der Waals surface area contributed by atoms with E-state index in [0.29, 0.717) is 6.42 Å². The summed E-state index contributed by atoms with van der Waals surface area (Å²) in [5, 5.41) is -1.25. The summed E-state index contributed by atoms with van der Waals surface area (Å²) in [6, 6.07) is 0. The van der Waals surface area contributed by atoms with Crippen LogP contribution in [-0.2, 0) is 9.09 Å². The van der Waals surface area contributed by atoms with E-state index in [1.807, 2.05) is 13.8 Å². The number of hydrogen-bond acceptors (Lipinski definition) is 2. The molecule has 0 spiro atoms. The summed E-state index contributed by atoms with van der Waals surface area (Å²) in [4.78, 5) is 17.5. The molecule has 0 aliphatic heterocycles. The monoisotopic (exact) mass is 244 g/mol. The molecule has 0 bridgehead atoms. The van der Waals surface area contributed by atoms with E-state index in [0.717, 1.165) is 12.8 Å². The van der Waals surface area contributed by atoms with Gasteiger partial charge in [0.2, 0.25) is 0 Å². The zero-order valence-corrected chi connectivity index (χ0v) is 10.4. The smallest absolute Gasteiger partial charge is 0.303 e. The minimum atomic E-state index is -4.52. The summed E-state index contributed by atoms with van der Waals surface area (Å²) in [5.41, 5.74) is 0. The van der Waals surface area contributed by atoms with E-state index in [2.05, 4.69) is 4.52 Å². The fourth-order valence-corrected chi connectivity index (χ4v) is 2.78. The first-order valence-corrected chi connectivity index (χ1v) is 6.65. The van der Waals surface area contributed by atoms with Crippen LogP contribution >= 0.6 is 19.4 Å². The molecule has 0 saturated carbocycles. The molecule has 0 heterocycles. The fourth-order valence-electron chi connectivity index (χ4n) is 1.52. The predicted molar refractivity (Wildman–Crippen MR) is 56.1 cm³/mol. The summed E-state index contributed by atoms with van der Waals surface area (Å²) in [5.74, 6) is -0.0539. The van der Waals surface area contributed by atoms with E-state index in [1.54, 1.807) is 6.92 Å². The number of halogens is 1. The molecule has 0 aromatic rings. The maximum Gasteiger partial charge on any atom is 0.471 e. The molecule has 0 amide bonds. The Hall–Kier alpha value is 0.400. The standard InChI is InChI=1S/C8H18ClO4P/c1-4-7(5-2)8(9,6-3)13-14(10,11)12/h7H,4-6H2,1-3H3,(H2,10,11,12). The molecule has 0 radical (unpaired) electrons. The minimum Gasteiger partial charge on any atom is -0.303 e. The molecule has 1 unspecified atom stereocenters. The van der Waals surface area contributed by atoms with Crippen molar-refractivity contribution in [3.8, 4) is 0 Å². The molecule has 0 aliphatic rings. The van der Waals surface area contributed by atoms with E-state index in [1.165, 1.54) is 0 Å². The van der Waals surface area contributed by atoms with E-state index in [9.17, 15) is 4.57 Å². The molecule has 0 aliphatic carbocycles. The van der Waals surface area contributed by atoms with Crippen LogP contribution in [0.3, 0.4) is 0 Å². The highest BCUT2D eigenvalue weighted by atomic mass is 35.5. The van der Waals surface area contributed by atoms with Crippen molar-refractivity contribution in [3.05, 3.63) is 0 Å². The molecule has 0 aromatic heterocycles. The highest BCUT2D eigenvalue weighted by Gasteiger charge is 2.39. The second-order valence-corrected chi connectivity index (χ2v) is 5.04. The van der Waals surface area contributed by atoms with Crippen LogP contribution < -0.4 is 0 Å². The number of phosphoric ester groups is 1. The Bertz CT molecular complexity index is 213. The number of hydrogen-bond donors (Lipinski definition) is 2. The first-order valence-electron chi connectivity index (χ1n) is 4.74. The van der Waals surface area contributed by atoms with Crippen molar-refractivity contribution in [1.29, 1.82) is 0 Å². The van der Waals surface area contributed by atoms with Crippen molar-refractivity contribution in [2.24, 2.45) is 5.92 Å². The zero-order valence-electron chi connectivity index (χ0n) is 8.73. The van der Waals surface area contributed by atoms with Crippen LogP contribution in [-0.4, -0.2) is 14.8 Å². The van der Waals surface area contributed by atoms with E-state index >= 15 is 0 Å². The minimum absolute atomic E-state index is 0.0539. The Kier molecular flexibility index (Phi) is 5.63. The Labute approximate surface area is 89.8 Å². The van der Waals surface area contributed by atoms with E-state index < -0.39 is 12.9 Å². The number of rotatable bonds is 6. The molecule has 1 atom stereocenters. The first kappa shape index (κ1) is 14.4. The van der Waals surface area contributed by atoms with Crippen molar-refractivity contribution < 1.29 is 18.9 Å². The second-order valence-electron chi connectivity index (χ2n) is 3.24. The van der Waals surface area contributed by atoms with Gasteiger partial charge in [0, 0.05) is 5.92 Å². The van der Waals surface area contributed by atoms with Gasteiger partial charge in [0.1, 0.15) is 0 Å². The predicted octanol–water partition coefficient (Wildman–Crippen LogP) is 2.88. The third-order valence-electron chi connectivity index (χ3n) is 2.35. The van der Waals surface area contributed by atoms with Gasteiger partial charge in [0.15, 0.2) is 5.06 Å². The van der Waals surface area contributed by atoms with Gasteiger partial charge in [-0.25, -0.2) is 4.57 Å². The van der Waals surface area contributed by atoms with Crippen LogP contribution in [0.4, 0.5) is 0 Å². The van der Waals surface area contributed by atoms with Gasteiger partial charge >= 0.3 is 7.82 Å². The largest absolute Gasteiger partial charge is 0.471 e. The molecular weight excluding hydrogens is 227 g/mol. The summed E-state index contributed by atoms with van der Waals surface area (Å²) in [6.45, 7) is 5.59. The summed E-state index contributed by atoms with van der Waals surface area (Å²) in [7, 11) is -4.52. The Balaban J connectivity index is 4.69. The van der Waals surface area contributed by atoms with Crippen LogP contribution in [0.25, 0.3) is 0 Å². The maximum atomic E-state index is 10.7. The van der Waals surface area contributed by atoms with Crippen molar-refractivity contribution in [3.63, 3.8) is 0 Å². The zero-order chi connectivity index (χ0) is 11.4. The normalized spacial score (nSPS) is 17.1. The number of phosphoric acid groups is 1. The molecule has 0 saturated heterocycles.